The van der Waals surface area contributed by atoms with E-state index in [4.69, 9.17) is 0 Å². The van der Waals surface area contributed by atoms with Gasteiger partial charge in [-0.2, -0.15) is 4.31 Å². The van der Waals surface area contributed by atoms with E-state index in [0.717, 1.165) is 0 Å². The van der Waals surface area contributed by atoms with E-state index >= 15 is 0 Å². The Morgan fingerprint density at radius 3 is 2.00 bits per heavy atom. The first kappa shape index (κ1) is 25.5. The van der Waals surface area contributed by atoms with Gasteiger partial charge >= 0.3 is 0 Å². The van der Waals surface area contributed by atoms with Crippen LogP contribution in [0.15, 0.2) is 53.4 Å². The van der Waals surface area contributed by atoms with Crippen LogP contribution in [-0.4, -0.2) is 37.6 Å². The molecule has 7 nitrogen and oxygen atoms in total. The molecule has 0 heterocycles. The van der Waals surface area contributed by atoms with E-state index in [1.807, 2.05) is 27.7 Å². The third kappa shape index (κ3) is 7.17. The molecule has 0 aromatic heterocycles. The highest BCUT2D eigenvalue weighted by Crippen LogP contribution is 2.21. The third-order valence-electron chi connectivity index (χ3n) is 4.62. The van der Waals surface area contributed by atoms with E-state index in [1.165, 1.54) is 16.4 Å². The van der Waals surface area contributed by atoms with Crippen LogP contribution in [-0.2, 0) is 14.8 Å². The number of carbonyl (C=O) groups excluding carboxylic acids is 2. The van der Waals surface area contributed by atoms with Crippen LogP contribution in [0.2, 0.25) is 0 Å². The molecule has 2 rings (SSSR count). The monoisotopic (exact) mass is 459 g/mol. The van der Waals surface area contributed by atoms with Gasteiger partial charge < -0.3 is 10.6 Å². The molecule has 0 aliphatic carbocycles. The van der Waals surface area contributed by atoms with Crippen LogP contribution >= 0.6 is 0 Å². The topological polar surface area (TPSA) is 95.6 Å². The smallest absolute Gasteiger partial charge is 0.255 e. The van der Waals surface area contributed by atoms with E-state index in [2.05, 4.69) is 10.6 Å². The summed E-state index contributed by atoms with van der Waals surface area (Å²) < 4.78 is 27.7. The molecule has 0 atom stereocenters. The summed E-state index contributed by atoms with van der Waals surface area (Å²) >= 11 is 0. The molecule has 0 unspecified atom stereocenters. The molecule has 0 saturated heterocycles. The first-order valence-electron chi connectivity index (χ1n) is 10.8. The quantitative estimate of drug-likeness (QED) is 0.543. The van der Waals surface area contributed by atoms with Crippen LogP contribution in [0, 0.1) is 11.8 Å². The first-order chi connectivity index (χ1) is 15.0. The highest BCUT2D eigenvalue weighted by molar-refractivity contribution is 7.89. The molecule has 0 spiro atoms. The molecule has 0 bridgehead atoms. The Kier molecular flexibility index (Phi) is 8.98. The maximum atomic E-state index is 13.1. The number of anilines is 2. The van der Waals surface area contributed by atoms with Gasteiger partial charge in [-0.15, -0.1) is 0 Å². The minimum Gasteiger partial charge on any atom is -0.326 e. The van der Waals surface area contributed by atoms with Crippen LogP contribution in [0.1, 0.15) is 51.4 Å². The number of carbonyl (C=O) groups is 2. The predicted octanol–water partition coefficient (Wildman–Crippen LogP) is 4.59. The fourth-order valence-electron chi connectivity index (χ4n) is 3.14. The number of benzene rings is 2. The molecular weight excluding hydrogens is 426 g/mol. The Balaban J connectivity index is 2.16. The molecule has 2 amide bonds. The van der Waals surface area contributed by atoms with Crippen molar-refractivity contribution in [1.82, 2.24) is 4.31 Å². The molecule has 2 aromatic carbocycles. The van der Waals surface area contributed by atoms with Crippen LogP contribution in [0.5, 0.6) is 0 Å². The second-order valence-corrected chi connectivity index (χ2v) is 10.5. The lowest BCUT2D eigenvalue weighted by Crippen LogP contribution is -2.37. The van der Waals surface area contributed by atoms with Crippen molar-refractivity contribution in [2.45, 2.75) is 45.9 Å². The van der Waals surface area contributed by atoms with Gasteiger partial charge in [0.05, 0.1) is 4.90 Å². The highest BCUT2D eigenvalue weighted by Gasteiger charge is 2.25. The molecule has 32 heavy (non-hydrogen) atoms. The zero-order valence-corrected chi connectivity index (χ0v) is 20.2. The fourth-order valence-corrected chi connectivity index (χ4v) is 4.90. The van der Waals surface area contributed by atoms with E-state index in [1.54, 1.807) is 43.3 Å². The lowest BCUT2D eigenvalue weighted by molar-refractivity contribution is -0.115. The van der Waals surface area contributed by atoms with Gasteiger partial charge in [0.15, 0.2) is 0 Å². The van der Waals surface area contributed by atoms with Crippen LogP contribution in [0.25, 0.3) is 0 Å². The van der Waals surface area contributed by atoms with Gasteiger partial charge in [0.1, 0.15) is 0 Å². The Bertz CT molecular complexity index is 1020. The van der Waals surface area contributed by atoms with Crippen molar-refractivity contribution in [1.29, 1.82) is 0 Å². The molecule has 0 aliphatic rings. The Morgan fingerprint density at radius 2 is 1.47 bits per heavy atom. The van der Waals surface area contributed by atoms with Crippen molar-refractivity contribution in [2.24, 2.45) is 11.8 Å². The average Bonchev–Trinajstić information content (AvgIpc) is 2.73. The minimum absolute atomic E-state index is 0.136. The molecule has 0 saturated carbocycles. The molecular formula is C24H33N3O4S. The number of hydrogen-bond donors (Lipinski definition) is 2. The number of hydrogen-bond acceptors (Lipinski definition) is 4. The second-order valence-electron chi connectivity index (χ2n) is 8.57. The Hall–Kier alpha value is -2.71. The van der Waals surface area contributed by atoms with Gasteiger partial charge in [0, 0.05) is 36.4 Å². The molecule has 8 heteroatoms. The maximum Gasteiger partial charge on any atom is 0.255 e. The van der Waals surface area contributed by atoms with Crippen LogP contribution in [0.4, 0.5) is 11.4 Å². The van der Waals surface area contributed by atoms with Gasteiger partial charge in [0.2, 0.25) is 15.9 Å². The van der Waals surface area contributed by atoms with E-state index in [0.29, 0.717) is 36.4 Å². The number of amides is 2. The summed E-state index contributed by atoms with van der Waals surface area (Å²) in [7, 11) is -3.63. The largest absolute Gasteiger partial charge is 0.326 e. The van der Waals surface area contributed by atoms with Crippen molar-refractivity contribution < 1.29 is 18.0 Å². The van der Waals surface area contributed by atoms with E-state index in [-0.39, 0.29) is 28.5 Å². The van der Waals surface area contributed by atoms with Crippen molar-refractivity contribution in [3.63, 3.8) is 0 Å². The van der Waals surface area contributed by atoms with E-state index in [9.17, 15) is 18.0 Å². The lowest BCUT2D eigenvalue weighted by Gasteiger charge is -2.25. The Morgan fingerprint density at radius 1 is 0.875 bits per heavy atom. The number of rotatable bonds is 10. The van der Waals surface area contributed by atoms with Crippen molar-refractivity contribution in [3.05, 3.63) is 54.1 Å². The molecule has 2 aromatic rings. The van der Waals surface area contributed by atoms with Crippen LogP contribution in [0.3, 0.4) is 0 Å². The van der Waals surface area contributed by atoms with Gasteiger partial charge in [-0.3, -0.25) is 9.59 Å². The highest BCUT2D eigenvalue weighted by atomic mass is 32.2. The number of nitrogens with one attached hydrogen (secondary N) is 2. The zero-order chi connectivity index (χ0) is 23.9. The summed E-state index contributed by atoms with van der Waals surface area (Å²) in [6.07, 6.45) is 0.345. The SMILES string of the molecule is CCC(=O)Nc1cccc(C(=O)Nc2ccc(S(=O)(=O)N(CC(C)C)CC(C)C)cc2)c1. The Labute approximate surface area is 191 Å². The maximum absolute atomic E-state index is 13.1. The predicted molar refractivity (Wildman–Crippen MR) is 128 cm³/mol. The average molecular weight is 460 g/mol. The second kappa shape index (κ2) is 11.2. The van der Waals surface area contributed by atoms with Gasteiger partial charge in [-0.25, -0.2) is 8.42 Å². The summed E-state index contributed by atoms with van der Waals surface area (Å²) in [4.78, 5) is 24.4. The molecule has 174 valence electrons. The summed E-state index contributed by atoms with van der Waals surface area (Å²) in [6.45, 7) is 10.6. The van der Waals surface area contributed by atoms with Gasteiger partial charge in [0.25, 0.3) is 5.91 Å². The standard InChI is InChI=1S/C24H33N3O4S/c1-6-23(28)25-21-9-7-8-19(14-21)24(29)26-20-10-12-22(13-11-20)32(30,31)27(15-17(2)3)16-18(4)5/h7-14,17-18H,6,15-16H2,1-5H3,(H,25,28)(H,26,29). The summed E-state index contributed by atoms with van der Waals surface area (Å²) in [5.41, 5.74) is 1.41. The summed E-state index contributed by atoms with van der Waals surface area (Å²) in [6, 6.07) is 12.8. The number of sulfonamides is 1. The third-order valence-corrected chi connectivity index (χ3v) is 6.46. The lowest BCUT2D eigenvalue weighted by atomic mass is 10.1. The fraction of sp³-hybridized carbons (Fsp3) is 0.417. The van der Waals surface area contributed by atoms with Crippen molar-refractivity contribution in [2.75, 3.05) is 23.7 Å². The summed E-state index contributed by atoms with van der Waals surface area (Å²) in [5, 5.41) is 5.49. The van der Waals surface area contributed by atoms with Gasteiger partial charge in [-0.05, 0) is 54.3 Å². The molecule has 0 aliphatic heterocycles. The molecule has 0 fully saturated rings. The minimum atomic E-state index is -3.63. The number of nitrogens with zero attached hydrogens (tertiary/aromatic N) is 1. The molecule has 2 N–H and O–H groups in total. The molecule has 0 radical (unpaired) electrons. The van der Waals surface area contributed by atoms with Crippen molar-refractivity contribution >= 4 is 33.2 Å². The normalized spacial score (nSPS) is 11.8. The van der Waals surface area contributed by atoms with Crippen LogP contribution < -0.4 is 10.6 Å². The first-order valence-corrected chi connectivity index (χ1v) is 12.3. The van der Waals surface area contributed by atoms with Crippen molar-refractivity contribution in [3.8, 4) is 0 Å². The van der Waals surface area contributed by atoms with Gasteiger partial charge in [-0.1, -0.05) is 40.7 Å². The summed E-state index contributed by atoms with van der Waals surface area (Å²) in [5.74, 6) is -0.0716. The van der Waals surface area contributed by atoms with E-state index < -0.39 is 10.0 Å². The zero-order valence-electron chi connectivity index (χ0n) is 19.4.